The molecule has 112 valence electrons. The van der Waals surface area contributed by atoms with Gasteiger partial charge in [0.25, 0.3) is 0 Å². The van der Waals surface area contributed by atoms with Crippen LogP contribution < -0.4 is 5.32 Å². The van der Waals surface area contributed by atoms with E-state index in [9.17, 15) is 0 Å². The number of hydrogen-bond acceptors (Lipinski definition) is 3. The molecular formula is C17H21BrN2S. The van der Waals surface area contributed by atoms with Crippen LogP contribution in [-0.4, -0.2) is 23.3 Å². The van der Waals surface area contributed by atoms with Gasteiger partial charge in [-0.3, -0.25) is 4.98 Å². The maximum Gasteiger partial charge on any atom is 0.0420 e. The van der Waals surface area contributed by atoms with E-state index < -0.39 is 0 Å². The van der Waals surface area contributed by atoms with Gasteiger partial charge in [0.2, 0.25) is 0 Å². The lowest BCUT2D eigenvalue weighted by molar-refractivity contribution is 0.545. The van der Waals surface area contributed by atoms with Crippen molar-refractivity contribution >= 4 is 27.7 Å². The van der Waals surface area contributed by atoms with Crippen molar-refractivity contribution in [1.82, 2.24) is 10.3 Å². The van der Waals surface area contributed by atoms with E-state index in [1.165, 1.54) is 4.90 Å². The van der Waals surface area contributed by atoms with Gasteiger partial charge in [0, 0.05) is 39.5 Å². The fourth-order valence-corrected chi connectivity index (χ4v) is 3.25. The third-order valence-corrected chi connectivity index (χ3v) is 4.77. The average molecular weight is 365 g/mol. The van der Waals surface area contributed by atoms with E-state index >= 15 is 0 Å². The predicted molar refractivity (Wildman–Crippen MR) is 94.9 cm³/mol. The van der Waals surface area contributed by atoms with Gasteiger partial charge in [-0.15, -0.1) is 11.8 Å². The second-order valence-corrected chi connectivity index (χ2v) is 6.96. The van der Waals surface area contributed by atoms with Crippen LogP contribution in [-0.2, 0) is 6.42 Å². The molecule has 0 fully saturated rings. The molecule has 1 aromatic heterocycles. The van der Waals surface area contributed by atoms with Crippen molar-refractivity contribution < 1.29 is 0 Å². The van der Waals surface area contributed by atoms with Crippen LogP contribution in [0.5, 0.6) is 0 Å². The Morgan fingerprint density at radius 2 is 2.00 bits per heavy atom. The molecule has 4 heteroatoms. The van der Waals surface area contributed by atoms with Gasteiger partial charge in [-0.2, -0.15) is 0 Å². The number of rotatable bonds is 8. The molecule has 0 aliphatic rings. The number of nitrogens with one attached hydrogen (secondary N) is 1. The van der Waals surface area contributed by atoms with Crippen LogP contribution in [0.1, 0.15) is 19.0 Å². The van der Waals surface area contributed by atoms with Crippen LogP contribution >= 0.6 is 27.7 Å². The Bertz CT molecular complexity index is 516. The fraction of sp³-hybridized carbons (Fsp3) is 0.353. The molecular weight excluding hydrogens is 344 g/mol. The van der Waals surface area contributed by atoms with E-state index in [1.54, 1.807) is 0 Å². The molecule has 0 aliphatic heterocycles. The molecule has 0 bridgehead atoms. The number of pyridine rings is 1. The predicted octanol–water partition coefficient (Wildman–Crippen LogP) is 4.55. The van der Waals surface area contributed by atoms with Gasteiger partial charge in [0.15, 0.2) is 0 Å². The molecule has 0 radical (unpaired) electrons. The zero-order valence-electron chi connectivity index (χ0n) is 12.3. The molecule has 0 aliphatic carbocycles. The SMILES string of the molecule is CCCNC(CSc1ccccc1)Cc1ccc(Br)cn1. The Morgan fingerprint density at radius 1 is 1.19 bits per heavy atom. The number of benzene rings is 1. The van der Waals surface area contributed by atoms with Crippen LogP contribution in [0.2, 0.25) is 0 Å². The molecule has 2 nitrogen and oxygen atoms in total. The highest BCUT2D eigenvalue weighted by atomic mass is 79.9. The van der Waals surface area contributed by atoms with Crippen LogP contribution in [0.15, 0.2) is 58.0 Å². The molecule has 1 atom stereocenters. The van der Waals surface area contributed by atoms with Crippen LogP contribution in [0.25, 0.3) is 0 Å². The summed E-state index contributed by atoms with van der Waals surface area (Å²) in [5.41, 5.74) is 1.14. The number of nitrogens with zero attached hydrogens (tertiary/aromatic N) is 1. The standard InChI is InChI=1S/C17H21BrN2S/c1-2-10-19-16(11-15-9-8-14(18)12-20-15)13-21-17-6-4-3-5-7-17/h3-9,12,16,19H,2,10-11,13H2,1H3. The van der Waals surface area contributed by atoms with Crippen molar-refractivity contribution in [2.75, 3.05) is 12.3 Å². The molecule has 1 N–H and O–H groups in total. The van der Waals surface area contributed by atoms with E-state index in [0.29, 0.717) is 6.04 Å². The Balaban J connectivity index is 1.92. The maximum absolute atomic E-state index is 4.49. The summed E-state index contributed by atoms with van der Waals surface area (Å²) in [6, 6.07) is 15.2. The van der Waals surface area contributed by atoms with Crippen molar-refractivity contribution in [3.63, 3.8) is 0 Å². The van der Waals surface area contributed by atoms with E-state index in [-0.39, 0.29) is 0 Å². The molecule has 2 rings (SSSR count). The fourth-order valence-electron chi connectivity index (χ4n) is 2.03. The van der Waals surface area contributed by atoms with Crippen LogP contribution in [0.3, 0.4) is 0 Å². The summed E-state index contributed by atoms with van der Waals surface area (Å²) in [6.07, 6.45) is 3.99. The maximum atomic E-state index is 4.49. The Kier molecular flexibility index (Phi) is 7.27. The number of aromatic nitrogens is 1. The Morgan fingerprint density at radius 3 is 2.67 bits per heavy atom. The Labute approximate surface area is 139 Å². The molecule has 0 amide bonds. The normalized spacial score (nSPS) is 12.3. The van der Waals surface area contributed by atoms with E-state index in [2.05, 4.69) is 75.6 Å². The lowest BCUT2D eigenvalue weighted by Gasteiger charge is -2.18. The summed E-state index contributed by atoms with van der Waals surface area (Å²) in [5, 5.41) is 3.63. The molecule has 1 heterocycles. The Hall–Kier alpha value is -0.840. The van der Waals surface area contributed by atoms with Crippen molar-refractivity contribution in [3.05, 3.63) is 58.8 Å². The van der Waals surface area contributed by atoms with Gasteiger partial charge in [0.05, 0.1) is 0 Å². The quantitative estimate of drug-likeness (QED) is 0.695. The second kappa shape index (κ2) is 9.23. The first-order chi connectivity index (χ1) is 10.3. The van der Waals surface area contributed by atoms with E-state index in [1.807, 2.05) is 18.0 Å². The number of thioether (sulfide) groups is 1. The van der Waals surface area contributed by atoms with Gasteiger partial charge in [0.1, 0.15) is 0 Å². The average Bonchev–Trinajstić information content (AvgIpc) is 2.53. The third-order valence-electron chi connectivity index (χ3n) is 3.12. The molecule has 0 saturated carbocycles. The van der Waals surface area contributed by atoms with Crippen molar-refractivity contribution in [3.8, 4) is 0 Å². The minimum atomic E-state index is 0.448. The van der Waals surface area contributed by atoms with Crippen molar-refractivity contribution in [1.29, 1.82) is 0 Å². The molecule has 0 spiro atoms. The summed E-state index contributed by atoms with van der Waals surface area (Å²) < 4.78 is 1.03. The van der Waals surface area contributed by atoms with Crippen molar-refractivity contribution in [2.45, 2.75) is 30.7 Å². The van der Waals surface area contributed by atoms with E-state index in [4.69, 9.17) is 0 Å². The minimum absolute atomic E-state index is 0.448. The summed E-state index contributed by atoms with van der Waals surface area (Å²) >= 11 is 5.33. The third kappa shape index (κ3) is 6.20. The van der Waals surface area contributed by atoms with Gasteiger partial charge >= 0.3 is 0 Å². The molecule has 21 heavy (non-hydrogen) atoms. The molecule has 1 aromatic carbocycles. The first kappa shape index (κ1) is 16.5. The van der Waals surface area contributed by atoms with Crippen molar-refractivity contribution in [2.24, 2.45) is 0 Å². The summed E-state index contributed by atoms with van der Waals surface area (Å²) in [7, 11) is 0. The minimum Gasteiger partial charge on any atom is -0.313 e. The molecule has 1 unspecified atom stereocenters. The molecule has 2 aromatic rings. The van der Waals surface area contributed by atoms with Gasteiger partial charge in [-0.1, -0.05) is 25.1 Å². The van der Waals surface area contributed by atoms with E-state index in [0.717, 1.165) is 35.3 Å². The smallest absolute Gasteiger partial charge is 0.0420 e. The first-order valence-electron chi connectivity index (χ1n) is 7.29. The summed E-state index contributed by atoms with van der Waals surface area (Å²) in [5.74, 6) is 1.06. The van der Waals surface area contributed by atoms with Crippen LogP contribution in [0, 0.1) is 0 Å². The zero-order chi connectivity index (χ0) is 14.9. The molecule has 0 saturated heterocycles. The van der Waals surface area contributed by atoms with Crippen LogP contribution in [0.4, 0.5) is 0 Å². The highest BCUT2D eigenvalue weighted by Crippen LogP contribution is 2.19. The van der Waals surface area contributed by atoms with Gasteiger partial charge in [-0.05, 0) is 53.2 Å². The van der Waals surface area contributed by atoms with Gasteiger partial charge in [-0.25, -0.2) is 0 Å². The highest BCUT2D eigenvalue weighted by Gasteiger charge is 2.10. The number of halogens is 1. The monoisotopic (exact) mass is 364 g/mol. The lowest BCUT2D eigenvalue weighted by atomic mass is 10.1. The number of hydrogen-bond donors (Lipinski definition) is 1. The zero-order valence-corrected chi connectivity index (χ0v) is 14.7. The lowest BCUT2D eigenvalue weighted by Crippen LogP contribution is -2.34. The summed E-state index contributed by atoms with van der Waals surface area (Å²) in [6.45, 7) is 3.25. The van der Waals surface area contributed by atoms with Gasteiger partial charge < -0.3 is 5.32 Å². The first-order valence-corrected chi connectivity index (χ1v) is 9.07. The summed E-state index contributed by atoms with van der Waals surface area (Å²) in [4.78, 5) is 5.81. The largest absolute Gasteiger partial charge is 0.313 e. The topological polar surface area (TPSA) is 24.9 Å². The second-order valence-electron chi connectivity index (χ2n) is 4.95. The highest BCUT2D eigenvalue weighted by molar-refractivity contribution is 9.10.